The molecule has 0 aliphatic heterocycles. The molecule has 6 nitrogen and oxygen atoms in total. The van der Waals surface area contributed by atoms with Crippen molar-refractivity contribution < 1.29 is 13.2 Å². The van der Waals surface area contributed by atoms with Crippen molar-refractivity contribution in [3.8, 4) is 0 Å². The fourth-order valence-corrected chi connectivity index (χ4v) is 5.54. The van der Waals surface area contributed by atoms with Gasteiger partial charge < -0.3 is 5.32 Å². The number of carbonyl (C=O) groups excluding carboxylic acids is 1. The van der Waals surface area contributed by atoms with Gasteiger partial charge in [-0.15, -0.1) is 0 Å². The molecule has 0 unspecified atom stereocenters. The highest BCUT2D eigenvalue weighted by atomic mass is 32.2. The quantitative estimate of drug-likeness (QED) is 0.565. The molecule has 0 radical (unpaired) electrons. The summed E-state index contributed by atoms with van der Waals surface area (Å²) in [5.74, 6) is -0.361. The SMILES string of the molecule is Cc1ccc(CN(CC(=O)NCc2ccncc2)S(=O)(=O)c2c(C)cc(C)cc2C)cc1. The molecule has 0 spiro atoms. The average molecular weight is 452 g/mol. The van der Waals surface area contributed by atoms with E-state index >= 15 is 0 Å². The first kappa shape index (κ1) is 23.6. The maximum Gasteiger partial charge on any atom is 0.244 e. The number of carbonyl (C=O) groups is 1. The maximum atomic E-state index is 13.7. The third kappa shape index (κ3) is 5.81. The lowest BCUT2D eigenvalue weighted by molar-refractivity contribution is -0.121. The van der Waals surface area contributed by atoms with Gasteiger partial charge in [-0.1, -0.05) is 47.5 Å². The van der Waals surface area contributed by atoms with Gasteiger partial charge >= 0.3 is 0 Å². The number of nitrogens with zero attached hydrogens (tertiary/aromatic N) is 2. The van der Waals surface area contributed by atoms with Gasteiger partial charge in [-0.2, -0.15) is 4.31 Å². The first-order valence-corrected chi connectivity index (χ1v) is 11.9. The van der Waals surface area contributed by atoms with Gasteiger partial charge in [-0.3, -0.25) is 9.78 Å². The third-order valence-electron chi connectivity index (χ3n) is 5.24. The highest BCUT2D eigenvalue weighted by molar-refractivity contribution is 7.89. The lowest BCUT2D eigenvalue weighted by atomic mass is 10.1. The van der Waals surface area contributed by atoms with Gasteiger partial charge in [-0.05, 0) is 62.1 Å². The van der Waals surface area contributed by atoms with Crippen molar-refractivity contribution in [1.82, 2.24) is 14.6 Å². The van der Waals surface area contributed by atoms with Crippen LogP contribution in [0.4, 0.5) is 0 Å². The van der Waals surface area contributed by atoms with E-state index in [1.807, 2.05) is 50.2 Å². The number of nitrogens with one attached hydrogen (secondary N) is 1. The smallest absolute Gasteiger partial charge is 0.244 e. The molecule has 1 N–H and O–H groups in total. The first-order valence-electron chi connectivity index (χ1n) is 10.5. The van der Waals surface area contributed by atoms with E-state index in [9.17, 15) is 13.2 Å². The molecule has 1 amide bonds. The summed E-state index contributed by atoms with van der Waals surface area (Å²) in [4.78, 5) is 17.0. The van der Waals surface area contributed by atoms with Crippen molar-refractivity contribution in [2.75, 3.05) is 6.54 Å². The number of rotatable bonds is 8. The number of aromatic nitrogens is 1. The number of pyridine rings is 1. The zero-order valence-corrected chi connectivity index (χ0v) is 19.7. The molecule has 0 saturated carbocycles. The van der Waals surface area contributed by atoms with Crippen molar-refractivity contribution in [3.63, 3.8) is 0 Å². The molecule has 1 aromatic heterocycles. The molecule has 0 bridgehead atoms. The van der Waals surface area contributed by atoms with Crippen molar-refractivity contribution >= 4 is 15.9 Å². The molecule has 0 atom stereocenters. The maximum absolute atomic E-state index is 13.7. The van der Waals surface area contributed by atoms with Crippen molar-refractivity contribution in [2.24, 2.45) is 0 Å². The predicted molar refractivity (Wildman–Crippen MR) is 126 cm³/mol. The minimum absolute atomic E-state index is 0.109. The number of benzene rings is 2. The van der Waals surface area contributed by atoms with Gasteiger partial charge in [0.25, 0.3) is 0 Å². The van der Waals surface area contributed by atoms with E-state index in [2.05, 4.69) is 10.3 Å². The topological polar surface area (TPSA) is 79.4 Å². The standard InChI is InChI=1S/C25H29N3O3S/c1-18-5-7-23(8-6-18)16-28(17-24(29)27-15-22-9-11-26-12-10-22)32(30,31)25-20(3)13-19(2)14-21(25)4/h5-14H,15-17H2,1-4H3,(H,27,29). The van der Waals surface area contributed by atoms with Gasteiger partial charge in [0.1, 0.15) is 0 Å². The van der Waals surface area contributed by atoms with E-state index in [-0.39, 0.29) is 23.9 Å². The largest absolute Gasteiger partial charge is 0.351 e. The number of hydrogen-bond acceptors (Lipinski definition) is 4. The minimum atomic E-state index is -3.90. The molecule has 32 heavy (non-hydrogen) atoms. The zero-order chi connectivity index (χ0) is 23.3. The van der Waals surface area contributed by atoms with Crippen LogP contribution < -0.4 is 5.32 Å². The second-order valence-corrected chi connectivity index (χ2v) is 9.99. The van der Waals surface area contributed by atoms with E-state index in [0.29, 0.717) is 17.7 Å². The first-order chi connectivity index (χ1) is 15.2. The van der Waals surface area contributed by atoms with Gasteiger partial charge in [0.2, 0.25) is 15.9 Å². The van der Waals surface area contributed by atoms with Gasteiger partial charge in [0, 0.05) is 25.5 Å². The normalized spacial score (nSPS) is 11.5. The Bertz CT molecular complexity index is 1170. The Kier molecular flexibility index (Phi) is 7.43. The molecule has 3 aromatic rings. The van der Waals surface area contributed by atoms with Gasteiger partial charge in [0.05, 0.1) is 11.4 Å². The van der Waals surface area contributed by atoms with Crippen LogP contribution in [0.15, 0.2) is 65.8 Å². The highest BCUT2D eigenvalue weighted by Gasteiger charge is 2.30. The van der Waals surface area contributed by atoms with Gasteiger partial charge in [-0.25, -0.2) is 8.42 Å². The molecule has 7 heteroatoms. The second-order valence-electron chi connectivity index (χ2n) is 8.12. The van der Waals surface area contributed by atoms with Crippen LogP contribution in [0.1, 0.15) is 33.4 Å². The Balaban J connectivity index is 1.89. The summed E-state index contributed by atoms with van der Waals surface area (Å²) in [6.45, 7) is 7.65. The summed E-state index contributed by atoms with van der Waals surface area (Å²) < 4.78 is 28.7. The molecular formula is C25H29N3O3S. The van der Waals surface area contributed by atoms with Crippen molar-refractivity contribution in [1.29, 1.82) is 0 Å². The molecule has 2 aromatic carbocycles. The molecular weight excluding hydrogens is 422 g/mol. The summed E-state index contributed by atoms with van der Waals surface area (Å²) in [6, 6.07) is 15.0. The number of amides is 1. The van der Waals surface area contributed by atoms with E-state index in [1.165, 1.54) is 4.31 Å². The number of hydrogen-bond donors (Lipinski definition) is 1. The fourth-order valence-electron chi connectivity index (χ4n) is 3.74. The zero-order valence-electron chi connectivity index (χ0n) is 18.9. The number of sulfonamides is 1. The molecule has 0 aliphatic rings. The van der Waals surface area contributed by atoms with E-state index in [0.717, 1.165) is 22.3 Å². The van der Waals surface area contributed by atoms with E-state index in [4.69, 9.17) is 0 Å². The Morgan fingerprint density at radius 2 is 1.47 bits per heavy atom. The monoisotopic (exact) mass is 451 g/mol. The van der Waals surface area contributed by atoms with Crippen LogP contribution in [-0.2, 0) is 27.9 Å². The molecule has 3 rings (SSSR count). The Labute approximate surface area is 190 Å². The van der Waals surface area contributed by atoms with E-state index < -0.39 is 10.0 Å². The molecule has 0 fully saturated rings. The van der Waals surface area contributed by atoms with Crippen molar-refractivity contribution in [2.45, 2.75) is 45.7 Å². The van der Waals surface area contributed by atoms with Crippen LogP contribution in [-0.4, -0.2) is 30.2 Å². The van der Waals surface area contributed by atoms with Crippen molar-refractivity contribution in [3.05, 3.63) is 94.3 Å². The summed E-state index contributed by atoms with van der Waals surface area (Å²) >= 11 is 0. The predicted octanol–water partition coefficient (Wildman–Crippen LogP) is 3.82. The second kappa shape index (κ2) is 10.1. The summed E-state index contributed by atoms with van der Waals surface area (Å²) in [6.07, 6.45) is 3.30. The number of aryl methyl sites for hydroxylation is 4. The van der Waals surface area contributed by atoms with Crippen LogP contribution >= 0.6 is 0 Å². The average Bonchev–Trinajstić information content (AvgIpc) is 2.73. The van der Waals surface area contributed by atoms with Crippen LogP contribution in [0, 0.1) is 27.7 Å². The third-order valence-corrected chi connectivity index (χ3v) is 7.34. The van der Waals surface area contributed by atoms with Crippen LogP contribution in [0.5, 0.6) is 0 Å². The van der Waals surface area contributed by atoms with Crippen LogP contribution in [0.3, 0.4) is 0 Å². The van der Waals surface area contributed by atoms with E-state index in [1.54, 1.807) is 38.4 Å². The molecule has 1 heterocycles. The van der Waals surface area contributed by atoms with Gasteiger partial charge in [0.15, 0.2) is 0 Å². The summed E-state index contributed by atoms with van der Waals surface area (Å²) in [5.41, 5.74) is 5.15. The Hall–Kier alpha value is -3.03. The fraction of sp³-hybridized carbons (Fsp3) is 0.280. The summed E-state index contributed by atoms with van der Waals surface area (Å²) in [7, 11) is -3.90. The molecule has 0 saturated heterocycles. The van der Waals surface area contributed by atoms with Crippen LogP contribution in [0.2, 0.25) is 0 Å². The Morgan fingerprint density at radius 3 is 2.06 bits per heavy atom. The minimum Gasteiger partial charge on any atom is -0.351 e. The molecule has 168 valence electrons. The lowest BCUT2D eigenvalue weighted by Gasteiger charge is -2.24. The van der Waals surface area contributed by atoms with Crippen LogP contribution in [0.25, 0.3) is 0 Å². The highest BCUT2D eigenvalue weighted by Crippen LogP contribution is 2.26. The molecule has 0 aliphatic carbocycles. The lowest BCUT2D eigenvalue weighted by Crippen LogP contribution is -2.40. The summed E-state index contributed by atoms with van der Waals surface area (Å²) in [5, 5.41) is 2.81. The Morgan fingerprint density at radius 1 is 0.875 bits per heavy atom.